The minimum absolute atomic E-state index is 0.393. The van der Waals surface area contributed by atoms with Crippen LogP contribution in [0.4, 0.5) is 0 Å². The molecule has 3 nitrogen and oxygen atoms in total. The summed E-state index contributed by atoms with van der Waals surface area (Å²) < 4.78 is 0. The van der Waals surface area contributed by atoms with Crippen LogP contribution in [-0.2, 0) is 6.42 Å². The number of aryl methyl sites for hydroxylation is 1. The SMILES string of the molecule is CCCC1CCC(C(Cc2csc(C)n2)NN)CC1. The van der Waals surface area contributed by atoms with Crippen molar-refractivity contribution in [3.05, 3.63) is 16.1 Å². The molecular weight excluding hydrogens is 254 g/mol. The van der Waals surface area contributed by atoms with E-state index in [1.54, 1.807) is 11.3 Å². The van der Waals surface area contributed by atoms with Crippen LogP contribution < -0.4 is 11.3 Å². The molecule has 0 aliphatic heterocycles. The molecule has 0 aromatic carbocycles. The molecule has 1 saturated carbocycles. The van der Waals surface area contributed by atoms with E-state index >= 15 is 0 Å². The van der Waals surface area contributed by atoms with Crippen molar-refractivity contribution >= 4 is 11.3 Å². The molecule has 1 heterocycles. The van der Waals surface area contributed by atoms with Crippen LogP contribution >= 0.6 is 11.3 Å². The van der Waals surface area contributed by atoms with Crippen LogP contribution in [0.2, 0.25) is 0 Å². The zero-order chi connectivity index (χ0) is 13.7. The highest BCUT2D eigenvalue weighted by Crippen LogP contribution is 2.33. The number of hydrogen-bond donors (Lipinski definition) is 2. The summed E-state index contributed by atoms with van der Waals surface area (Å²) >= 11 is 1.73. The van der Waals surface area contributed by atoms with Crippen molar-refractivity contribution in [2.45, 2.75) is 64.8 Å². The fourth-order valence-electron chi connectivity index (χ4n) is 3.38. The molecule has 1 atom stereocenters. The Hall–Kier alpha value is -0.450. The van der Waals surface area contributed by atoms with Gasteiger partial charge in [0.1, 0.15) is 0 Å². The van der Waals surface area contributed by atoms with E-state index < -0.39 is 0 Å². The summed E-state index contributed by atoms with van der Waals surface area (Å²) in [6, 6.07) is 0.393. The third-order valence-electron chi connectivity index (χ3n) is 4.47. The van der Waals surface area contributed by atoms with Gasteiger partial charge >= 0.3 is 0 Å². The van der Waals surface area contributed by atoms with E-state index in [2.05, 4.69) is 29.6 Å². The number of nitrogens with two attached hydrogens (primary N) is 1. The molecule has 2 rings (SSSR count). The van der Waals surface area contributed by atoms with Gasteiger partial charge in [0.2, 0.25) is 0 Å². The minimum atomic E-state index is 0.393. The number of nitrogens with zero attached hydrogens (tertiary/aromatic N) is 1. The molecule has 1 unspecified atom stereocenters. The monoisotopic (exact) mass is 281 g/mol. The van der Waals surface area contributed by atoms with Crippen LogP contribution in [0.5, 0.6) is 0 Å². The average molecular weight is 281 g/mol. The smallest absolute Gasteiger partial charge is 0.0897 e. The molecule has 0 radical (unpaired) electrons. The molecule has 0 saturated heterocycles. The van der Waals surface area contributed by atoms with Crippen molar-refractivity contribution in [2.24, 2.45) is 17.7 Å². The van der Waals surface area contributed by atoms with E-state index in [-0.39, 0.29) is 0 Å². The molecule has 4 heteroatoms. The topological polar surface area (TPSA) is 50.9 Å². The number of nitrogens with one attached hydrogen (secondary N) is 1. The Morgan fingerprint density at radius 3 is 2.68 bits per heavy atom. The second-order valence-electron chi connectivity index (χ2n) is 5.90. The first-order chi connectivity index (χ1) is 9.22. The number of hydrogen-bond acceptors (Lipinski definition) is 4. The molecule has 3 N–H and O–H groups in total. The molecule has 0 amide bonds. The Morgan fingerprint density at radius 1 is 1.42 bits per heavy atom. The Bertz CT molecular complexity index is 369. The van der Waals surface area contributed by atoms with Gasteiger partial charge in [0.05, 0.1) is 10.7 Å². The van der Waals surface area contributed by atoms with Crippen molar-refractivity contribution in [3.63, 3.8) is 0 Å². The highest BCUT2D eigenvalue weighted by atomic mass is 32.1. The van der Waals surface area contributed by atoms with Crippen LogP contribution in [0.1, 0.15) is 56.2 Å². The summed E-state index contributed by atoms with van der Waals surface area (Å²) in [6.07, 6.45) is 9.11. The molecule has 1 fully saturated rings. The molecule has 19 heavy (non-hydrogen) atoms. The first-order valence-electron chi connectivity index (χ1n) is 7.60. The normalized spacial score (nSPS) is 25.4. The van der Waals surface area contributed by atoms with E-state index in [0.717, 1.165) is 23.3 Å². The maximum absolute atomic E-state index is 5.78. The van der Waals surface area contributed by atoms with Crippen molar-refractivity contribution < 1.29 is 0 Å². The van der Waals surface area contributed by atoms with Gasteiger partial charge in [0.15, 0.2) is 0 Å². The fraction of sp³-hybridized carbons (Fsp3) is 0.800. The lowest BCUT2D eigenvalue weighted by atomic mass is 9.76. The van der Waals surface area contributed by atoms with Gasteiger partial charge in [-0.3, -0.25) is 11.3 Å². The molecule has 1 aromatic heterocycles. The van der Waals surface area contributed by atoms with Gasteiger partial charge in [-0.25, -0.2) is 4.98 Å². The van der Waals surface area contributed by atoms with Crippen LogP contribution in [-0.4, -0.2) is 11.0 Å². The van der Waals surface area contributed by atoms with Gasteiger partial charge in [0, 0.05) is 17.8 Å². The van der Waals surface area contributed by atoms with Gasteiger partial charge in [-0.05, 0) is 31.6 Å². The summed E-state index contributed by atoms with van der Waals surface area (Å²) in [6.45, 7) is 4.36. The van der Waals surface area contributed by atoms with Gasteiger partial charge in [-0.1, -0.05) is 32.6 Å². The van der Waals surface area contributed by atoms with Crippen molar-refractivity contribution in [1.29, 1.82) is 0 Å². The van der Waals surface area contributed by atoms with Crippen LogP contribution in [0.25, 0.3) is 0 Å². The van der Waals surface area contributed by atoms with Crippen molar-refractivity contribution in [1.82, 2.24) is 10.4 Å². The standard InChI is InChI=1S/C15H27N3S/c1-3-4-12-5-7-13(8-6-12)15(18-16)9-14-10-19-11(2)17-14/h10,12-13,15,18H,3-9,16H2,1-2H3. The second-order valence-corrected chi connectivity index (χ2v) is 6.97. The fourth-order valence-corrected chi connectivity index (χ4v) is 4.00. The lowest BCUT2D eigenvalue weighted by Gasteiger charge is -2.33. The highest BCUT2D eigenvalue weighted by molar-refractivity contribution is 7.09. The zero-order valence-corrected chi connectivity index (χ0v) is 13.0. The Morgan fingerprint density at radius 2 is 2.16 bits per heavy atom. The van der Waals surface area contributed by atoms with Gasteiger partial charge in [-0.2, -0.15) is 0 Å². The first-order valence-corrected chi connectivity index (χ1v) is 8.48. The average Bonchev–Trinajstić information content (AvgIpc) is 2.83. The summed E-state index contributed by atoms with van der Waals surface area (Å²) in [5.41, 5.74) is 4.24. The molecule has 0 bridgehead atoms. The Labute approximate surface area is 121 Å². The van der Waals surface area contributed by atoms with E-state index in [9.17, 15) is 0 Å². The van der Waals surface area contributed by atoms with E-state index in [1.807, 2.05) is 0 Å². The van der Waals surface area contributed by atoms with Crippen LogP contribution in [0.3, 0.4) is 0 Å². The van der Waals surface area contributed by atoms with Crippen molar-refractivity contribution in [3.8, 4) is 0 Å². The summed E-state index contributed by atoms with van der Waals surface area (Å²) in [5.74, 6) is 7.46. The zero-order valence-electron chi connectivity index (χ0n) is 12.2. The Balaban J connectivity index is 1.85. The molecule has 1 aromatic rings. The number of thiazole rings is 1. The quantitative estimate of drug-likeness (QED) is 0.620. The molecule has 1 aliphatic rings. The maximum Gasteiger partial charge on any atom is 0.0897 e. The first kappa shape index (κ1) is 14.9. The predicted molar refractivity (Wildman–Crippen MR) is 82.0 cm³/mol. The second kappa shape index (κ2) is 7.36. The Kier molecular flexibility index (Phi) is 5.79. The van der Waals surface area contributed by atoms with E-state index in [4.69, 9.17) is 5.84 Å². The molecular formula is C15H27N3S. The minimum Gasteiger partial charge on any atom is -0.271 e. The highest BCUT2D eigenvalue weighted by Gasteiger charge is 2.27. The summed E-state index contributed by atoms with van der Waals surface area (Å²) in [5, 5.41) is 3.32. The van der Waals surface area contributed by atoms with Gasteiger partial charge < -0.3 is 0 Å². The van der Waals surface area contributed by atoms with Gasteiger partial charge in [0.25, 0.3) is 0 Å². The largest absolute Gasteiger partial charge is 0.271 e. The third-order valence-corrected chi connectivity index (χ3v) is 5.29. The van der Waals surface area contributed by atoms with Gasteiger partial charge in [-0.15, -0.1) is 11.3 Å². The predicted octanol–water partition coefficient (Wildman–Crippen LogP) is 3.43. The summed E-state index contributed by atoms with van der Waals surface area (Å²) in [4.78, 5) is 4.56. The lowest BCUT2D eigenvalue weighted by molar-refractivity contribution is 0.212. The van der Waals surface area contributed by atoms with E-state index in [0.29, 0.717) is 6.04 Å². The third kappa shape index (κ3) is 4.26. The molecule has 1 aliphatic carbocycles. The van der Waals surface area contributed by atoms with Crippen molar-refractivity contribution in [2.75, 3.05) is 0 Å². The molecule has 0 spiro atoms. The summed E-state index contributed by atoms with van der Waals surface area (Å²) in [7, 11) is 0. The number of rotatable bonds is 6. The maximum atomic E-state index is 5.78. The number of aromatic nitrogens is 1. The number of hydrazine groups is 1. The molecule has 108 valence electrons. The van der Waals surface area contributed by atoms with Crippen LogP contribution in [0.15, 0.2) is 5.38 Å². The van der Waals surface area contributed by atoms with Crippen LogP contribution in [0, 0.1) is 18.8 Å². The van der Waals surface area contributed by atoms with E-state index in [1.165, 1.54) is 44.2 Å². The lowest BCUT2D eigenvalue weighted by Crippen LogP contribution is -2.43.